The number of fused-ring (bicyclic) bond motifs is 2. The maximum atomic E-state index is 13.8. The molecule has 1 aromatic heterocycles. The van der Waals surface area contributed by atoms with Gasteiger partial charge in [0.05, 0.1) is 11.5 Å². The van der Waals surface area contributed by atoms with Gasteiger partial charge in [0.25, 0.3) is 0 Å². The highest BCUT2D eigenvalue weighted by molar-refractivity contribution is 5.91. The summed E-state index contributed by atoms with van der Waals surface area (Å²) in [5, 5.41) is 7.50. The van der Waals surface area contributed by atoms with Crippen LogP contribution in [-0.2, 0) is 32.0 Å². The molecule has 2 fully saturated rings. The summed E-state index contributed by atoms with van der Waals surface area (Å²) in [6.07, 6.45) is 10.2. The Hall–Kier alpha value is -3.95. The van der Waals surface area contributed by atoms with Crippen LogP contribution in [0.15, 0.2) is 72.9 Å². The number of piperidine rings is 1. The number of hydrogen-bond donors (Lipinski definition) is 4. The van der Waals surface area contributed by atoms with E-state index in [1.165, 1.54) is 0 Å². The summed E-state index contributed by atoms with van der Waals surface area (Å²) in [6.45, 7) is 2.09. The van der Waals surface area contributed by atoms with Gasteiger partial charge in [-0.05, 0) is 55.7 Å². The molecule has 2 saturated heterocycles. The molecule has 6 rings (SSSR count). The summed E-state index contributed by atoms with van der Waals surface area (Å²) in [4.78, 5) is 46.3. The lowest BCUT2D eigenvalue weighted by atomic mass is 9.75. The average Bonchev–Trinajstić information content (AvgIpc) is 3.46. The number of carbonyl (C=O) groups excluding carboxylic acids is 3. The maximum absolute atomic E-state index is 13.8. The van der Waals surface area contributed by atoms with Crippen LogP contribution in [0, 0.1) is 11.3 Å². The molecule has 0 bridgehead atoms. The van der Waals surface area contributed by atoms with E-state index in [0.717, 1.165) is 22.0 Å². The van der Waals surface area contributed by atoms with E-state index in [0.29, 0.717) is 71.2 Å². The Morgan fingerprint density at radius 1 is 1.02 bits per heavy atom. The van der Waals surface area contributed by atoms with E-state index in [1.807, 2.05) is 65.7 Å². The van der Waals surface area contributed by atoms with Crippen LogP contribution >= 0.6 is 0 Å². The largest absolute Gasteiger partial charge is 0.381 e. The first-order valence-corrected chi connectivity index (χ1v) is 15.9. The van der Waals surface area contributed by atoms with Crippen LogP contribution in [0.2, 0.25) is 0 Å². The SMILES string of the molecule is N[C@@H](Cc1c[nH]c2ccccc12)C(=O)N1CC[C@@H]2NC(=O)[C@@H](Cc3ccccc3)NC(=O)C3(C/C=C/C[C@H]2C1)CCOCC3. The number of ether oxygens (including phenoxy) is 1. The normalized spacial score (nSPS) is 25.7. The van der Waals surface area contributed by atoms with Crippen LogP contribution in [-0.4, -0.2) is 72.0 Å². The quantitative estimate of drug-likeness (QED) is 0.336. The van der Waals surface area contributed by atoms with Crippen LogP contribution in [0.25, 0.3) is 10.9 Å². The van der Waals surface area contributed by atoms with Crippen LogP contribution in [0.4, 0.5) is 0 Å². The number of rotatable bonds is 5. The van der Waals surface area contributed by atoms with Crippen LogP contribution < -0.4 is 16.4 Å². The molecule has 4 atom stereocenters. The third-order valence-corrected chi connectivity index (χ3v) is 9.76. The average molecular weight is 598 g/mol. The van der Waals surface area contributed by atoms with E-state index in [4.69, 9.17) is 10.5 Å². The second-order valence-corrected chi connectivity index (χ2v) is 12.6. The van der Waals surface area contributed by atoms with Gasteiger partial charge in [0.15, 0.2) is 0 Å². The Kier molecular flexibility index (Phi) is 9.14. The van der Waals surface area contributed by atoms with Crippen molar-refractivity contribution in [1.82, 2.24) is 20.5 Å². The van der Waals surface area contributed by atoms with Crippen molar-refractivity contribution in [3.8, 4) is 0 Å². The maximum Gasteiger partial charge on any atom is 0.243 e. The van der Waals surface area contributed by atoms with Gasteiger partial charge in [0, 0.05) is 61.8 Å². The number of aromatic nitrogens is 1. The van der Waals surface area contributed by atoms with Gasteiger partial charge >= 0.3 is 0 Å². The summed E-state index contributed by atoms with van der Waals surface area (Å²) in [7, 11) is 0. The van der Waals surface area contributed by atoms with Gasteiger partial charge in [-0.25, -0.2) is 0 Å². The van der Waals surface area contributed by atoms with Crippen molar-refractivity contribution in [2.45, 2.75) is 63.1 Å². The lowest BCUT2D eigenvalue weighted by Crippen LogP contribution is -2.59. The monoisotopic (exact) mass is 597 g/mol. The Bertz CT molecular complexity index is 1500. The zero-order chi connectivity index (χ0) is 30.5. The van der Waals surface area contributed by atoms with Crippen molar-refractivity contribution in [2.24, 2.45) is 17.1 Å². The van der Waals surface area contributed by atoms with Crippen molar-refractivity contribution >= 4 is 28.6 Å². The van der Waals surface area contributed by atoms with Gasteiger partial charge < -0.3 is 31.0 Å². The van der Waals surface area contributed by atoms with E-state index in [-0.39, 0.29) is 29.7 Å². The minimum Gasteiger partial charge on any atom is -0.381 e. The number of aromatic amines is 1. The van der Waals surface area contributed by atoms with Gasteiger partial charge in [-0.2, -0.15) is 0 Å². The third-order valence-electron chi connectivity index (χ3n) is 9.76. The molecule has 3 aliphatic rings. The number of H-pyrrole nitrogens is 1. The molecule has 2 aromatic carbocycles. The zero-order valence-corrected chi connectivity index (χ0v) is 25.2. The van der Waals surface area contributed by atoms with E-state index < -0.39 is 17.5 Å². The van der Waals surface area contributed by atoms with E-state index in [2.05, 4.69) is 27.8 Å². The minimum absolute atomic E-state index is 0.0336. The highest BCUT2D eigenvalue weighted by Gasteiger charge is 2.42. The predicted molar refractivity (Wildman–Crippen MR) is 170 cm³/mol. The van der Waals surface area contributed by atoms with Gasteiger partial charge in [-0.3, -0.25) is 14.4 Å². The molecular weight excluding hydrogens is 554 g/mol. The molecule has 0 aliphatic carbocycles. The zero-order valence-electron chi connectivity index (χ0n) is 25.2. The first kappa shape index (κ1) is 30.1. The van der Waals surface area contributed by atoms with Crippen LogP contribution in [0.3, 0.4) is 0 Å². The number of benzene rings is 2. The standard InChI is InChI=1S/C35H43N5O4/c36-28(21-26-22-37-30-12-5-4-11-27(26)30)33(42)40-17-13-29-25(23-40)10-6-7-14-35(15-18-44-19-16-35)34(43)39-31(32(41)38-29)20-24-8-2-1-3-9-24/h1-9,11-12,22,25,28-29,31,37H,10,13-21,23,36H2,(H,38,41)(H,39,43)/b7-6+/t25-,28-,29-,31+/m0/s1. The summed E-state index contributed by atoms with van der Waals surface area (Å²) < 4.78 is 5.61. The Labute approximate surface area is 258 Å². The molecule has 3 aromatic rings. The number of carbonyl (C=O) groups is 3. The van der Waals surface area contributed by atoms with Gasteiger partial charge in [0.1, 0.15) is 6.04 Å². The molecular formula is C35H43N5O4. The van der Waals surface area contributed by atoms with Crippen molar-refractivity contribution in [3.05, 3.63) is 84.1 Å². The number of amides is 3. The Morgan fingerprint density at radius 3 is 2.61 bits per heavy atom. The number of likely N-dealkylation sites (tertiary alicyclic amines) is 1. The first-order chi connectivity index (χ1) is 21.4. The lowest BCUT2D eigenvalue weighted by Gasteiger charge is -2.41. The van der Waals surface area contributed by atoms with Gasteiger partial charge in [-0.15, -0.1) is 0 Å². The first-order valence-electron chi connectivity index (χ1n) is 15.9. The second-order valence-electron chi connectivity index (χ2n) is 12.6. The molecule has 44 heavy (non-hydrogen) atoms. The number of nitrogens with one attached hydrogen (secondary N) is 3. The van der Waals surface area contributed by atoms with Crippen LogP contribution in [0.1, 0.15) is 43.2 Å². The fourth-order valence-electron chi connectivity index (χ4n) is 7.04. The Morgan fingerprint density at radius 2 is 1.80 bits per heavy atom. The number of para-hydroxylation sites is 1. The molecule has 4 heterocycles. The molecule has 3 amide bonds. The van der Waals surface area contributed by atoms with Gasteiger partial charge in [-0.1, -0.05) is 60.7 Å². The molecule has 9 heteroatoms. The molecule has 5 N–H and O–H groups in total. The highest BCUT2D eigenvalue weighted by Crippen LogP contribution is 2.36. The summed E-state index contributed by atoms with van der Waals surface area (Å²) in [5.41, 5.74) is 8.95. The number of hydrogen-bond acceptors (Lipinski definition) is 5. The molecule has 0 saturated carbocycles. The summed E-state index contributed by atoms with van der Waals surface area (Å²) >= 11 is 0. The number of nitrogens with zero attached hydrogens (tertiary/aromatic N) is 1. The number of allylic oxidation sites excluding steroid dienone is 2. The molecule has 1 spiro atoms. The fraction of sp³-hybridized carbons (Fsp3) is 0.457. The highest BCUT2D eigenvalue weighted by atomic mass is 16.5. The van der Waals surface area contributed by atoms with Gasteiger partial charge in [0.2, 0.25) is 17.7 Å². The summed E-state index contributed by atoms with van der Waals surface area (Å²) in [6, 6.07) is 16.4. The van der Waals surface area contributed by atoms with Crippen molar-refractivity contribution in [1.29, 1.82) is 0 Å². The lowest BCUT2D eigenvalue weighted by molar-refractivity contribution is -0.140. The molecule has 0 unspecified atom stereocenters. The second kappa shape index (κ2) is 13.4. The van der Waals surface area contributed by atoms with Crippen molar-refractivity contribution in [3.63, 3.8) is 0 Å². The molecule has 0 radical (unpaired) electrons. The van der Waals surface area contributed by atoms with E-state index in [1.54, 1.807) is 0 Å². The van der Waals surface area contributed by atoms with E-state index in [9.17, 15) is 14.4 Å². The smallest absolute Gasteiger partial charge is 0.243 e. The van der Waals surface area contributed by atoms with E-state index >= 15 is 0 Å². The number of nitrogens with two attached hydrogens (primary N) is 1. The summed E-state index contributed by atoms with van der Waals surface area (Å²) in [5.74, 6) is -0.292. The van der Waals surface area contributed by atoms with Crippen molar-refractivity contribution in [2.75, 3.05) is 26.3 Å². The molecule has 9 nitrogen and oxygen atoms in total. The molecule has 232 valence electrons. The third kappa shape index (κ3) is 6.59. The topological polar surface area (TPSA) is 130 Å². The van der Waals surface area contributed by atoms with Crippen molar-refractivity contribution < 1.29 is 19.1 Å². The molecule has 3 aliphatic heterocycles. The minimum atomic E-state index is -0.696. The van der Waals surface area contributed by atoms with Crippen LogP contribution in [0.5, 0.6) is 0 Å². The Balaban J connectivity index is 1.19. The predicted octanol–water partition coefficient (Wildman–Crippen LogP) is 3.25. The fourth-order valence-corrected chi connectivity index (χ4v) is 7.04.